The van der Waals surface area contributed by atoms with Crippen LogP contribution in [0.25, 0.3) is 11.1 Å². The van der Waals surface area contributed by atoms with E-state index in [0.29, 0.717) is 5.56 Å². The summed E-state index contributed by atoms with van der Waals surface area (Å²) in [6, 6.07) is 11.7. The highest BCUT2D eigenvalue weighted by atomic mass is 16.4. The summed E-state index contributed by atoms with van der Waals surface area (Å²) in [7, 11) is 0. The average Bonchev–Trinajstić information content (AvgIpc) is 2.43. The van der Waals surface area contributed by atoms with Crippen LogP contribution in [0.1, 0.15) is 38.0 Å². The van der Waals surface area contributed by atoms with Crippen LogP contribution in [0.4, 0.5) is 0 Å². The molecule has 0 N–H and O–H groups in total. The summed E-state index contributed by atoms with van der Waals surface area (Å²) in [5.41, 5.74) is 2.54. The zero-order chi connectivity index (χ0) is 13.7. The molecule has 0 radical (unpaired) electrons. The maximum absolute atomic E-state index is 12.1. The largest absolute Gasteiger partial charge is 0.427 e. The maximum atomic E-state index is 12.1. The molecule has 0 saturated carbocycles. The van der Waals surface area contributed by atoms with E-state index in [1.54, 1.807) is 0 Å². The highest BCUT2D eigenvalue weighted by Crippen LogP contribution is 2.20. The van der Waals surface area contributed by atoms with Gasteiger partial charge >= 0.3 is 5.63 Å². The maximum Gasteiger partial charge on any atom is 0.343 e. The zero-order valence-corrected chi connectivity index (χ0v) is 11.6. The molecule has 0 unspecified atom stereocenters. The summed E-state index contributed by atoms with van der Waals surface area (Å²) in [5.74, 6) is 0.856. The predicted molar refractivity (Wildman–Crippen MR) is 78.4 cm³/mol. The van der Waals surface area contributed by atoms with E-state index in [2.05, 4.69) is 13.8 Å². The third-order valence-corrected chi connectivity index (χ3v) is 3.19. The van der Waals surface area contributed by atoms with Crippen molar-refractivity contribution in [2.75, 3.05) is 0 Å². The number of benzene rings is 1. The highest BCUT2D eigenvalue weighted by molar-refractivity contribution is 5.62. The van der Waals surface area contributed by atoms with E-state index in [1.165, 1.54) is 5.56 Å². The molecule has 2 rings (SSSR count). The molecule has 0 fully saturated rings. The van der Waals surface area contributed by atoms with E-state index in [9.17, 15) is 4.79 Å². The summed E-state index contributed by atoms with van der Waals surface area (Å²) in [6.07, 6.45) is 3.83. The van der Waals surface area contributed by atoms with Crippen molar-refractivity contribution >= 4 is 0 Å². The average molecular weight is 256 g/mol. The van der Waals surface area contributed by atoms with Gasteiger partial charge in [-0.2, -0.15) is 0 Å². The van der Waals surface area contributed by atoms with Crippen molar-refractivity contribution < 1.29 is 4.42 Å². The van der Waals surface area contributed by atoms with Gasteiger partial charge in [0.25, 0.3) is 0 Å². The molecule has 0 aliphatic rings. The first-order chi connectivity index (χ1) is 9.26. The molecule has 2 nitrogen and oxygen atoms in total. The second-order valence-electron chi connectivity index (χ2n) is 4.76. The molecule has 0 amide bonds. The normalized spacial score (nSPS) is 10.6. The molecule has 1 aromatic heterocycles. The fourth-order valence-corrected chi connectivity index (χ4v) is 2.28. The van der Waals surface area contributed by atoms with Crippen molar-refractivity contribution in [3.8, 4) is 11.1 Å². The van der Waals surface area contributed by atoms with Crippen LogP contribution in [0.2, 0.25) is 0 Å². The Morgan fingerprint density at radius 2 is 1.68 bits per heavy atom. The molecule has 2 heteroatoms. The minimum Gasteiger partial charge on any atom is -0.427 e. The molecular weight excluding hydrogens is 236 g/mol. The molecule has 2 aromatic rings. The SMILES string of the molecule is CCCc1cc(-c2ccccc2)c(=O)oc1CCC. The molecule has 19 heavy (non-hydrogen) atoms. The molecule has 0 aliphatic heterocycles. The monoisotopic (exact) mass is 256 g/mol. The van der Waals surface area contributed by atoms with E-state index in [1.807, 2.05) is 36.4 Å². The van der Waals surface area contributed by atoms with Crippen LogP contribution in [0.3, 0.4) is 0 Å². The Kier molecular flexibility index (Phi) is 4.56. The molecule has 0 atom stereocenters. The zero-order valence-electron chi connectivity index (χ0n) is 11.6. The Labute approximate surface area is 114 Å². The topological polar surface area (TPSA) is 30.2 Å². The number of hydrogen-bond donors (Lipinski definition) is 0. The molecule has 100 valence electrons. The second-order valence-corrected chi connectivity index (χ2v) is 4.76. The van der Waals surface area contributed by atoms with Gasteiger partial charge in [0, 0.05) is 6.42 Å². The van der Waals surface area contributed by atoms with Gasteiger partial charge in [0.2, 0.25) is 0 Å². The molecule has 0 spiro atoms. The van der Waals surface area contributed by atoms with Crippen molar-refractivity contribution in [1.82, 2.24) is 0 Å². The molecular formula is C17H20O2. The van der Waals surface area contributed by atoms with Crippen LogP contribution in [-0.2, 0) is 12.8 Å². The molecule has 1 heterocycles. The fourth-order valence-electron chi connectivity index (χ4n) is 2.28. The standard InChI is InChI=1S/C17H20O2/c1-3-8-14-12-15(13-10-6-5-7-11-13)17(18)19-16(14)9-4-2/h5-7,10-12H,3-4,8-9H2,1-2H3. The van der Waals surface area contributed by atoms with Crippen molar-refractivity contribution in [3.05, 3.63) is 58.1 Å². The van der Waals surface area contributed by atoms with E-state index < -0.39 is 0 Å². The van der Waals surface area contributed by atoms with Gasteiger partial charge in [-0.25, -0.2) is 4.79 Å². The summed E-state index contributed by atoms with van der Waals surface area (Å²) in [6.45, 7) is 4.24. The summed E-state index contributed by atoms with van der Waals surface area (Å²) in [4.78, 5) is 12.1. The molecule has 0 saturated heterocycles. The number of aryl methyl sites for hydroxylation is 2. The van der Waals surface area contributed by atoms with E-state index in [4.69, 9.17) is 4.42 Å². The number of rotatable bonds is 5. The fraction of sp³-hybridized carbons (Fsp3) is 0.353. The van der Waals surface area contributed by atoms with Crippen LogP contribution in [0.5, 0.6) is 0 Å². The predicted octanol–water partition coefficient (Wildman–Crippen LogP) is 4.21. The van der Waals surface area contributed by atoms with Gasteiger partial charge in [-0.1, -0.05) is 50.6 Å². The van der Waals surface area contributed by atoms with Gasteiger partial charge in [-0.15, -0.1) is 0 Å². The third kappa shape index (κ3) is 3.14. The van der Waals surface area contributed by atoms with Crippen molar-refractivity contribution in [3.63, 3.8) is 0 Å². The van der Waals surface area contributed by atoms with Crippen LogP contribution in [-0.4, -0.2) is 0 Å². The first kappa shape index (κ1) is 13.6. The Bertz CT molecular complexity index is 582. The minimum absolute atomic E-state index is 0.227. The quantitative estimate of drug-likeness (QED) is 0.802. The summed E-state index contributed by atoms with van der Waals surface area (Å²) in [5, 5.41) is 0. The Morgan fingerprint density at radius 1 is 1.00 bits per heavy atom. The van der Waals surface area contributed by atoms with E-state index >= 15 is 0 Å². The summed E-state index contributed by atoms with van der Waals surface area (Å²) < 4.78 is 5.53. The molecule has 0 bridgehead atoms. The highest BCUT2D eigenvalue weighted by Gasteiger charge is 2.11. The van der Waals surface area contributed by atoms with Gasteiger partial charge in [-0.05, 0) is 30.0 Å². The lowest BCUT2D eigenvalue weighted by Crippen LogP contribution is -2.08. The van der Waals surface area contributed by atoms with Gasteiger partial charge in [0.05, 0.1) is 5.56 Å². The van der Waals surface area contributed by atoms with E-state index in [0.717, 1.165) is 37.0 Å². The van der Waals surface area contributed by atoms with Gasteiger partial charge < -0.3 is 4.42 Å². The lowest BCUT2D eigenvalue weighted by Gasteiger charge is -2.09. The van der Waals surface area contributed by atoms with Crippen LogP contribution in [0.15, 0.2) is 45.6 Å². The van der Waals surface area contributed by atoms with Crippen LogP contribution in [0, 0.1) is 0 Å². The Morgan fingerprint density at radius 3 is 2.32 bits per heavy atom. The van der Waals surface area contributed by atoms with Crippen molar-refractivity contribution in [2.45, 2.75) is 39.5 Å². The minimum atomic E-state index is -0.227. The lowest BCUT2D eigenvalue weighted by atomic mass is 10.0. The first-order valence-corrected chi connectivity index (χ1v) is 6.97. The molecule has 1 aromatic carbocycles. The second kappa shape index (κ2) is 6.37. The Hall–Kier alpha value is -1.83. The van der Waals surface area contributed by atoms with Crippen LogP contribution >= 0.6 is 0 Å². The first-order valence-electron chi connectivity index (χ1n) is 6.97. The smallest absolute Gasteiger partial charge is 0.343 e. The van der Waals surface area contributed by atoms with Gasteiger partial charge in [0.1, 0.15) is 5.76 Å². The molecule has 0 aliphatic carbocycles. The third-order valence-electron chi connectivity index (χ3n) is 3.19. The Balaban J connectivity index is 2.51. The van der Waals surface area contributed by atoms with Gasteiger partial charge in [-0.3, -0.25) is 0 Å². The summed E-state index contributed by atoms with van der Waals surface area (Å²) >= 11 is 0. The van der Waals surface area contributed by atoms with Crippen LogP contribution < -0.4 is 5.63 Å². The van der Waals surface area contributed by atoms with Crippen molar-refractivity contribution in [2.24, 2.45) is 0 Å². The van der Waals surface area contributed by atoms with Crippen molar-refractivity contribution in [1.29, 1.82) is 0 Å². The number of hydrogen-bond acceptors (Lipinski definition) is 2. The lowest BCUT2D eigenvalue weighted by molar-refractivity contribution is 0.450. The van der Waals surface area contributed by atoms with Gasteiger partial charge in [0.15, 0.2) is 0 Å². The van der Waals surface area contributed by atoms with E-state index in [-0.39, 0.29) is 5.63 Å².